The Kier molecular flexibility index (Phi) is 5.96. The summed E-state index contributed by atoms with van der Waals surface area (Å²) in [5.74, 6) is -0.396. The van der Waals surface area contributed by atoms with Crippen LogP contribution in [0.4, 0.5) is 8.78 Å². The lowest BCUT2D eigenvalue weighted by Gasteiger charge is -2.36. The van der Waals surface area contributed by atoms with Gasteiger partial charge in [0.05, 0.1) is 7.11 Å². The predicted octanol–water partition coefficient (Wildman–Crippen LogP) is 6.90. The average Bonchev–Trinajstić information content (AvgIpc) is 2.79. The van der Waals surface area contributed by atoms with Crippen LogP contribution in [-0.4, -0.2) is 13.2 Å². The fraction of sp³-hybridized carbons (Fsp3) is 0.120. The zero-order chi connectivity index (χ0) is 21.8. The van der Waals surface area contributed by atoms with Crippen LogP contribution in [0.1, 0.15) is 5.56 Å². The highest BCUT2D eigenvalue weighted by atomic mass is 35.5. The van der Waals surface area contributed by atoms with Crippen LogP contribution < -0.4 is 9.47 Å². The summed E-state index contributed by atoms with van der Waals surface area (Å²) in [5, 5.41) is 0. The summed E-state index contributed by atoms with van der Waals surface area (Å²) in [6.07, 6.45) is 1.42. The summed E-state index contributed by atoms with van der Waals surface area (Å²) in [6.45, 7) is 0. The molecular weight excluding hydrogens is 422 g/mol. The van der Waals surface area contributed by atoms with E-state index in [1.807, 2.05) is 12.1 Å². The lowest BCUT2D eigenvalue weighted by molar-refractivity contribution is 0.165. The van der Waals surface area contributed by atoms with Crippen molar-refractivity contribution in [2.45, 2.75) is 11.0 Å². The van der Waals surface area contributed by atoms with E-state index in [-0.39, 0.29) is 17.1 Å². The van der Waals surface area contributed by atoms with Crippen molar-refractivity contribution in [1.29, 1.82) is 0 Å². The van der Waals surface area contributed by atoms with Gasteiger partial charge in [-0.2, -0.15) is 0 Å². The van der Waals surface area contributed by atoms with Crippen molar-refractivity contribution >= 4 is 11.6 Å². The monoisotopic (exact) mass is 440 g/mol. The maximum atomic E-state index is 15.2. The molecular formula is C25H19ClF2O3. The first-order valence-electron chi connectivity index (χ1n) is 9.57. The third kappa shape index (κ3) is 4.28. The number of alkyl halides is 1. The van der Waals surface area contributed by atoms with Gasteiger partial charge >= 0.3 is 0 Å². The highest BCUT2D eigenvalue weighted by Crippen LogP contribution is 2.48. The Bertz CT molecular complexity index is 1120. The lowest BCUT2D eigenvalue weighted by Crippen LogP contribution is -2.40. The van der Waals surface area contributed by atoms with E-state index in [9.17, 15) is 4.39 Å². The molecule has 1 aliphatic carbocycles. The SMILES string of the molecule is COC1=C[C@](Cl)(c2cccc(F)c2Oc2ccccc2)C(Oc2ccccc2)C(F)=C1. The van der Waals surface area contributed by atoms with Gasteiger partial charge in [0.1, 0.15) is 28.0 Å². The van der Waals surface area contributed by atoms with Gasteiger partial charge in [0.2, 0.25) is 0 Å². The molecule has 0 bridgehead atoms. The fourth-order valence-electron chi connectivity index (χ4n) is 3.37. The predicted molar refractivity (Wildman–Crippen MR) is 116 cm³/mol. The number of methoxy groups -OCH3 is 1. The maximum Gasteiger partial charge on any atom is 0.177 e. The van der Waals surface area contributed by atoms with E-state index in [2.05, 4.69) is 0 Å². The minimum absolute atomic E-state index is 0.119. The standard InChI is InChI=1S/C25H19ClF2O3/c1-29-19-15-22(28)24(31-18-11-6-3-7-12-18)25(26,16-19)20-13-8-14-21(27)23(20)30-17-9-4-2-5-10-17/h2-16,24H,1H3/t24?,25-/m0/s1. The van der Waals surface area contributed by atoms with Gasteiger partial charge in [-0.3, -0.25) is 0 Å². The summed E-state index contributed by atoms with van der Waals surface area (Å²) >= 11 is 7.02. The van der Waals surface area contributed by atoms with Crippen LogP contribution in [0.15, 0.2) is 103 Å². The van der Waals surface area contributed by atoms with Gasteiger partial charge in [-0.05, 0) is 36.4 Å². The van der Waals surface area contributed by atoms with E-state index in [0.29, 0.717) is 11.5 Å². The van der Waals surface area contributed by atoms with Crippen molar-refractivity contribution in [2.75, 3.05) is 7.11 Å². The maximum absolute atomic E-state index is 15.2. The van der Waals surface area contributed by atoms with Crippen LogP contribution in [0, 0.1) is 5.82 Å². The summed E-state index contributed by atoms with van der Waals surface area (Å²) in [6, 6.07) is 21.8. The summed E-state index contributed by atoms with van der Waals surface area (Å²) in [4.78, 5) is -1.65. The molecule has 0 radical (unpaired) electrons. The molecule has 0 amide bonds. The first kappa shape index (κ1) is 20.9. The summed E-state index contributed by atoms with van der Waals surface area (Å²) in [5.41, 5.74) is 0.205. The smallest absolute Gasteiger partial charge is 0.177 e. The summed E-state index contributed by atoms with van der Waals surface area (Å²) < 4.78 is 47.1. The van der Waals surface area contributed by atoms with Gasteiger partial charge in [-0.15, -0.1) is 11.6 Å². The Hall–Kier alpha value is -3.31. The van der Waals surface area contributed by atoms with Crippen molar-refractivity contribution in [3.63, 3.8) is 0 Å². The number of allylic oxidation sites excluding steroid dienone is 1. The summed E-state index contributed by atoms with van der Waals surface area (Å²) in [7, 11) is 1.40. The Morgan fingerprint density at radius 2 is 1.48 bits per heavy atom. The Labute approximate surface area is 184 Å². The highest BCUT2D eigenvalue weighted by molar-refractivity contribution is 6.26. The Balaban J connectivity index is 1.83. The second-order valence-electron chi connectivity index (χ2n) is 6.89. The molecule has 0 spiro atoms. The molecule has 6 heteroatoms. The van der Waals surface area contributed by atoms with Gasteiger partial charge in [0.15, 0.2) is 17.7 Å². The van der Waals surface area contributed by atoms with Crippen LogP contribution in [0.25, 0.3) is 0 Å². The Morgan fingerprint density at radius 1 is 0.839 bits per heavy atom. The number of para-hydroxylation sites is 3. The first-order chi connectivity index (χ1) is 15.0. The molecule has 1 aliphatic rings. The normalized spacial score (nSPS) is 20.5. The first-order valence-corrected chi connectivity index (χ1v) is 9.95. The zero-order valence-electron chi connectivity index (χ0n) is 16.6. The van der Waals surface area contributed by atoms with Crippen LogP contribution in [-0.2, 0) is 9.61 Å². The average molecular weight is 441 g/mol. The molecule has 31 heavy (non-hydrogen) atoms. The number of ether oxygens (including phenoxy) is 3. The van der Waals surface area contributed by atoms with Gasteiger partial charge in [0.25, 0.3) is 0 Å². The Morgan fingerprint density at radius 3 is 2.13 bits per heavy atom. The second-order valence-corrected chi connectivity index (χ2v) is 7.52. The molecule has 0 saturated heterocycles. The van der Waals surface area contributed by atoms with E-state index in [0.717, 1.165) is 0 Å². The van der Waals surface area contributed by atoms with Crippen LogP contribution in [0.3, 0.4) is 0 Å². The minimum atomic E-state index is -1.65. The van der Waals surface area contributed by atoms with Crippen molar-refractivity contribution < 1.29 is 23.0 Å². The molecule has 3 aromatic carbocycles. The van der Waals surface area contributed by atoms with Crippen LogP contribution in [0.2, 0.25) is 0 Å². The second kappa shape index (κ2) is 8.82. The highest BCUT2D eigenvalue weighted by Gasteiger charge is 2.47. The fourth-order valence-corrected chi connectivity index (χ4v) is 3.78. The topological polar surface area (TPSA) is 27.7 Å². The van der Waals surface area contributed by atoms with Crippen molar-refractivity contribution in [3.05, 3.63) is 114 Å². The molecule has 0 fully saturated rings. The third-order valence-electron chi connectivity index (χ3n) is 4.84. The van der Waals surface area contributed by atoms with Gasteiger partial charge in [0, 0.05) is 11.6 Å². The number of halogens is 3. The largest absolute Gasteiger partial charge is 0.497 e. The molecule has 0 saturated carbocycles. The number of benzene rings is 3. The van der Waals surface area contributed by atoms with E-state index in [1.54, 1.807) is 54.6 Å². The van der Waals surface area contributed by atoms with E-state index in [4.69, 9.17) is 25.8 Å². The molecule has 0 N–H and O–H groups in total. The van der Waals surface area contributed by atoms with Gasteiger partial charge < -0.3 is 14.2 Å². The number of rotatable bonds is 6. The molecule has 0 aromatic heterocycles. The van der Waals surface area contributed by atoms with E-state index >= 15 is 4.39 Å². The molecule has 158 valence electrons. The zero-order valence-corrected chi connectivity index (χ0v) is 17.4. The third-order valence-corrected chi connectivity index (χ3v) is 5.35. The minimum Gasteiger partial charge on any atom is -0.497 e. The van der Waals surface area contributed by atoms with E-state index < -0.39 is 22.6 Å². The molecule has 3 nitrogen and oxygen atoms in total. The van der Waals surface area contributed by atoms with Crippen LogP contribution in [0.5, 0.6) is 17.2 Å². The van der Waals surface area contributed by atoms with Crippen molar-refractivity contribution in [2.24, 2.45) is 0 Å². The molecule has 0 heterocycles. The lowest BCUT2D eigenvalue weighted by atomic mass is 9.86. The molecule has 1 unspecified atom stereocenters. The number of hydrogen-bond donors (Lipinski definition) is 0. The molecule has 0 aliphatic heterocycles. The molecule has 2 atom stereocenters. The quantitative estimate of drug-likeness (QED) is 0.390. The molecule has 3 aromatic rings. The van der Waals surface area contributed by atoms with Crippen LogP contribution >= 0.6 is 11.6 Å². The molecule has 4 rings (SSSR count). The number of hydrogen-bond acceptors (Lipinski definition) is 3. The van der Waals surface area contributed by atoms with E-state index in [1.165, 1.54) is 31.4 Å². The van der Waals surface area contributed by atoms with Crippen molar-refractivity contribution in [3.8, 4) is 17.2 Å². The van der Waals surface area contributed by atoms with Crippen molar-refractivity contribution in [1.82, 2.24) is 0 Å². The van der Waals surface area contributed by atoms with Gasteiger partial charge in [-0.25, -0.2) is 8.78 Å². The van der Waals surface area contributed by atoms with Gasteiger partial charge in [-0.1, -0.05) is 48.5 Å².